The van der Waals surface area contributed by atoms with Crippen LogP contribution in [0, 0.1) is 5.92 Å². The smallest absolute Gasteiger partial charge is 0.383 e. The predicted molar refractivity (Wildman–Crippen MR) is 133 cm³/mol. The minimum Gasteiger partial charge on any atom is -0.383 e. The SMILES string of the molecule is COCCn1c(NC(=O)c2ccc(C(F)(F)F)cc2)cc2ccc(N(C)C(=O)C3CCCCC3)cc21. The number of amides is 2. The fourth-order valence-corrected chi connectivity index (χ4v) is 4.73. The van der Waals surface area contributed by atoms with Crippen molar-refractivity contribution >= 4 is 34.2 Å². The highest BCUT2D eigenvalue weighted by atomic mass is 19.4. The van der Waals surface area contributed by atoms with Gasteiger partial charge in [-0.05, 0) is 55.3 Å². The molecule has 6 nitrogen and oxygen atoms in total. The van der Waals surface area contributed by atoms with Crippen LogP contribution in [0.2, 0.25) is 0 Å². The van der Waals surface area contributed by atoms with Crippen molar-refractivity contribution in [1.29, 1.82) is 0 Å². The number of nitrogens with one attached hydrogen (secondary N) is 1. The Balaban J connectivity index is 1.61. The number of ether oxygens (including phenoxy) is 1. The van der Waals surface area contributed by atoms with E-state index < -0.39 is 17.6 Å². The third kappa shape index (κ3) is 5.56. The van der Waals surface area contributed by atoms with Crippen molar-refractivity contribution in [2.75, 3.05) is 31.0 Å². The molecule has 0 aliphatic heterocycles. The van der Waals surface area contributed by atoms with E-state index in [0.717, 1.165) is 66.5 Å². The number of rotatable bonds is 7. The van der Waals surface area contributed by atoms with Gasteiger partial charge in [0.25, 0.3) is 5.91 Å². The lowest BCUT2D eigenvalue weighted by Crippen LogP contribution is -2.33. The number of fused-ring (bicyclic) bond motifs is 1. The van der Waals surface area contributed by atoms with E-state index in [1.807, 2.05) is 22.8 Å². The first-order valence-electron chi connectivity index (χ1n) is 12.1. The highest BCUT2D eigenvalue weighted by Gasteiger charge is 2.30. The number of hydrogen-bond donors (Lipinski definition) is 1. The average Bonchev–Trinajstić information content (AvgIpc) is 3.22. The summed E-state index contributed by atoms with van der Waals surface area (Å²) in [4.78, 5) is 27.6. The van der Waals surface area contributed by atoms with Gasteiger partial charge in [0.15, 0.2) is 0 Å². The van der Waals surface area contributed by atoms with Gasteiger partial charge in [-0.25, -0.2) is 0 Å². The number of alkyl halides is 3. The zero-order valence-corrected chi connectivity index (χ0v) is 20.4. The zero-order chi connectivity index (χ0) is 25.9. The maximum absolute atomic E-state index is 13.1. The molecule has 1 aromatic heterocycles. The molecule has 0 saturated heterocycles. The number of aromatic nitrogens is 1. The van der Waals surface area contributed by atoms with E-state index in [9.17, 15) is 22.8 Å². The van der Waals surface area contributed by atoms with Crippen LogP contribution < -0.4 is 10.2 Å². The van der Waals surface area contributed by atoms with E-state index in [1.165, 1.54) is 6.42 Å². The molecule has 0 atom stereocenters. The molecule has 36 heavy (non-hydrogen) atoms. The molecule has 0 bridgehead atoms. The fraction of sp³-hybridized carbons (Fsp3) is 0.407. The van der Waals surface area contributed by atoms with Crippen molar-refractivity contribution < 1.29 is 27.5 Å². The van der Waals surface area contributed by atoms with Gasteiger partial charge in [-0.3, -0.25) is 9.59 Å². The number of carbonyl (C=O) groups is 2. The van der Waals surface area contributed by atoms with Crippen molar-refractivity contribution in [2.45, 2.75) is 44.8 Å². The van der Waals surface area contributed by atoms with Crippen LogP contribution in [-0.2, 0) is 22.3 Å². The summed E-state index contributed by atoms with van der Waals surface area (Å²) < 4.78 is 45.7. The maximum Gasteiger partial charge on any atom is 0.416 e. The highest BCUT2D eigenvalue weighted by Crippen LogP contribution is 2.32. The van der Waals surface area contributed by atoms with E-state index in [4.69, 9.17) is 4.74 Å². The van der Waals surface area contributed by atoms with Crippen molar-refractivity contribution in [1.82, 2.24) is 4.57 Å². The lowest BCUT2D eigenvalue weighted by atomic mass is 9.88. The summed E-state index contributed by atoms with van der Waals surface area (Å²) in [6, 6.07) is 11.6. The predicted octanol–water partition coefficient (Wildman–Crippen LogP) is 6.10. The first-order valence-corrected chi connectivity index (χ1v) is 12.1. The van der Waals surface area contributed by atoms with Gasteiger partial charge in [-0.1, -0.05) is 25.3 Å². The summed E-state index contributed by atoms with van der Waals surface area (Å²) in [6.07, 6.45) is 0.681. The normalized spacial score (nSPS) is 14.7. The monoisotopic (exact) mass is 501 g/mol. The van der Waals surface area contributed by atoms with Gasteiger partial charge in [0.1, 0.15) is 5.82 Å². The molecule has 1 aliphatic carbocycles. The van der Waals surface area contributed by atoms with Gasteiger partial charge in [0.05, 0.1) is 17.7 Å². The van der Waals surface area contributed by atoms with E-state index in [0.29, 0.717) is 19.0 Å². The number of halogens is 3. The van der Waals surface area contributed by atoms with Crippen LogP contribution in [0.15, 0.2) is 48.5 Å². The van der Waals surface area contributed by atoms with Gasteiger partial charge < -0.3 is 19.5 Å². The van der Waals surface area contributed by atoms with Crippen LogP contribution >= 0.6 is 0 Å². The molecule has 0 spiro atoms. The molecule has 4 rings (SSSR count). The summed E-state index contributed by atoms with van der Waals surface area (Å²) in [5.74, 6) is 0.124. The van der Waals surface area contributed by atoms with Gasteiger partial charge in [-0.15, -0.1) is 0 Å². The third-order valence-electron chi connectivity index (χ3n) is 6.80. The number of benzene rings is 2. The fourth-order valence-electron chi connectivity index (χ4n) is 4.73. The molecule has 1 aliphatic rings. The van der Waals surface area contributed by atoms with Crippen LogP contribution in [0.25, 0.3) is 10.9 Å². The molecular formula is C27H30F3N3O3. The standard InChI is InChI=1S/C27H30F3N3O3/c1-32(26(35)19-6-4-3-5-7-19)22-13-10-20-16-24(33(14-15-36-2)23(20)17-22)31-25(34)18-8-11-21(12-9-18)27(28,29)30/h8-13,16-17,19H,3-7,14-15H2,1-2H3,(H,31,34). The molecule has 1 heterocycles. The molecule has 9 heteroatoms. The number of hydrogen-bond acceptors (Lipinski definition) is 3. The molecular weight excluding hydrogens is 471 g/mol. The number of methoxy groups -OCH3 is 1. The summed E-state index contributed by atoms with van der Waals surface area (Å²) in [5, 5.41) is 3.67. The van der Waals surface area contributed by atoms with Crippen molar-refractivity contribution in [3.8, 4) is 0 Å². The summed E-state index contributed by atoms with van der Waals surface area (Å²) in [6.45, 7) is 0.820. The topological polar surface area (TPSA) is 63.6 Å². The Labute approximate surface area is 208 Å². The maximum atomic E-state index is 13.1. The molecule has 1 N–H and O–H groups in total. The Kier molecular flexibility index (Phi) is 7.68. The van der Waals surface area contributed by atoms with E-state index in [2.05, 4.69) is 5.32 Å². The van der Waals surface area contributed by atoms with E-state index in [1.54, 1.807) is 25.1 Å². The van der Waals surface area contributed by atoms with Gasteiger partial charge in [-0.2, -0.15) is 13.2 Å². The molecule has 1 fully saturated rings. The number of nitrogens with zero attached hydrogens (tertiary/aromatic N) is 2. The van der Waals surface area contributed by atoms with E-state index in [-0.39, 0.29) is 17.4 Å². The summed E-state index contributed by atoms with van der Waals surface area (Å²) in [7, 11) is 3.36. The van der Waals surface area contributed by atoms with Gasteiger partial charge in [0, 0.05) is 43.3 Å². The Morgan fingerprint density at radius 2 is 1.75 bits per heavy atom. The second-order valence-electron chi connectivity index (χ2n) is 9.18. The second kappa shape index (κ2) is 10.7. The Bertz CT molecular complexity index is 1230. The quantitative estimate of drug-likeness (QED) is 0.425. The summed E-state index contributed by atoms with van der Waals surface area (Å²) >= 11 is 0. The van der Waals surface area contributed by atoms with Gasteiger partial charge >= 0.3 is 6.18 Å². The Morgan fingerprint density at radius 3 is 2.39 bits per heavy atom. The van der Waals surface area contributed by atoms with Crippen molar-refractivity contribution in [3.63, 3.8) is 0 Å². The van der Waals surface area contributed by atoms with Crippen LogP contribution in [-0.4, -0.2) is 37.1 Å². The van der Waals surface area contributed by atoms with Crippen molar-refractivity contribution in [2.24, 2.45) is 5.92 Å². The van der Waals surface area contributed by atoms with Crippen LogP contribution in [0.5, 0.6) is 0 Å². The van der Waals surface area contributed by atoms with Crippen LogP contribution in [0.4, 0.5) is 24.7 Å². The molecule has 3 aromatic rings. The number of carbonyl (C=O) groups excluding carboxylic acids is 2. The van der Waals surface area contributed by atoms with Gasteiger partial charge in [0.2, 0.25) is 5.91 Å². The molecule has 2 aromatic carbocycles. The third-order valence-corrected chi connectivity index (χ3v) is 6.80. The molecule has 1 saturated carbocycles. The lowest BCUT2D eigenvalue weighted by molar-refractivity contribution is -0.137. The second-order valence-corrected chi connectivity index (χ2v) is 9.18. The molecule has 0 unspecified atom stereocenters. The number of anilines is 2. The first kappa shape index (κ1) is 25.8. The Morgan fingerprint density at radius 1 is 1.06 bits per heavy atom. The first-order chi connectivity index (χ1) is 17.2. The van der Waals surface area contributed by atoms with E-state index >= 15 is 0 Å². The highest BCUT2D eigenvalue weighted by molar-refractivity contribution is 6.05. The average molecular weight is 502 g/mol. The van der Waals surface area contributed by atoms with Crippen LogP contribution in [0.1, 0.15) is 48.0 Å². The molecule has 192 valence electrons. The lowest BCUT2D eigenvalue weighted by Gasteiger charge is -2.26. The minimum atomic E-state index is -4.47. The molecule has 2 amide bonds. The Hall–Kier alpha value is -3.33. The molecule has 0 radical (unpaired) electrons. The van der Waals surface area contributed by atoms with Crippen LogP contribution in [0.3, 0.4) is 0 Å². The van der Waals surface area contributed by atoms with Crippen molar-refractivity contribution in [3.05, 3.63) is 59.7 Å². The minimum absolute atomic E-state index is 0.0401. The zero-order valence-electron chi connectivity index (χ0n) is 20.4. The largest absolute Gasteiger partial charge is 0.416 e. The summed E-state index contributed by atoms with van der Waals surface area (Å²) in [5.41, 5.74) is 0.878.